The molecule has 0 amide bonds. The fourth-order valence-electron chi connectivity index (χ4n) is 4.88. The largest absolute Gasteiger partial charge is 0.428 e. The van der Waals surface area contributed by atoms with E-state index in [1.165, 1.54) is 4.90 Å². The Morgan fingerprint density at radius 3 is 2.56 bits per heavy atom. The van der Waals surface area contributed by atoms with E-state index in [1.807, 2.05) is 0 Å². The predicted molar refractivity (Wildman–Crippen MR) is 110 cm³/mol. The van der Waals surface area contributed by atoms with Crippen LogP contribution >= 0.6 is 0 Å². The summed E-state index contributed by atoms with van der Waals surface area (Å²) in [6.45, 7) is -0.632. The van der Waals surface area contributed by atoms with E-state index in [9.17, 15) is 17.2 Å². The Morgan fingerprint density at radius 1 is 1.16 bits per heavy atom. The van der Waals surface area contributed by atoms with Gasteiger partial charge in [-0.2, -0.15) is 13.2 Å². The smallest absolute Gasteiger partial charge is 0.411 e. The number of ether oxygens (including phenoxy) is 2. The van der Waals surface area contributed by atoms with Crippen molar-refractivity contribution < 1.29 is 35.5 Å². The van der Waals surface area contributed by atoms with Crippen molar-refractivity contribution in [2.24, 2.45) is 4.40 Å². The molecule has 1 aromatic rings. The fourth-order valence-corrected chi connectivity index (χ4v) is 5.52. The van der Waals surface area contributed by atoms with Gasteiger partial charge in [-0.15, -0.1) is 0 Å². The molecule has 3 aliphatic heterocycles. The van der Waals surface area contributed by atoms with E-state index in [0.717, 1.165) is 12.3 Å². The highest BCUT2D eigenvalue weighted by Crippen LogP contribution is 2.42. The maximum absolute atomic E-state index is 15.0. The molecular weight excluding hydrogens is 452 g/mol. The van der Waals surface area contributed by atoms with Crippen LogP contribution in [0.25, 0.3) is 0 Å². The van der Waals surface area contributed by atoms with Gasteiger partial charge in [0.2, 0.25) is 10.0 Å². The molecule has 1 aliphatic carbocycles. The van der Waals surface area contributed by atoms with Crippen LogP contribution in [0.5, 0.6) is 5.75 Å². The number of hydrogen-bond acceptors (Lipinski definition) is 5. The summed E-state index contributed by atoms with van der Waals surface area (Å²) < 4.78 is 96.7. The Bertz CT molecular complexity index is 994. The average molecular weight is 479 g/mol. The highest BCUT2D eigenvalue weighted by molar-refractivity contribution is 7.89. The van der Waals surface area contributed by atoms with Crippen LogP contribution < -0.4 is 4.74 Å². The number of nitrogens with zero attached hydrogens (tertiary/aromatic N) is 2. The zero-order chi connectivity index (χ0) is 23.1. The molecule has 2 bridgehead atoms. The van der Waals surface area contributed by atoms with Crippen molar-refractivity contribution >= 4 is 15.7 Å². The fraction of sp³-hybridized carbons (Fsp3) is 0.667. The van der Waals surface area contributed by atoms with Crippen molar-refractivity contribution in [3.63, 3.8) is 0 Å². The molecule has 1 unspecified atom stereocenters. The van der Waals surface area contributed by atoms with Gasteiger partial charge < -0.3 is 9.47 Å². The van der Waals surface area contributed by atoms with Crippen LogP contribution in [0, 0.1) is 11.6 Å². The van der Waals surface area contributed by atoms with Crippen molar-refractivity contribution in [2.75, 3.05) is 26.0 Å². The summed E-state index contributed by atoms with van der Waals surface area (Å²) in [4.78, 5) is 1.37. The second-order valence-electron chi connectivity index (χ2n) is 8.76. The van der Waals surface area contributed by atoms with E-state index in [2.05, 4.69) is 4.40 Å². The molecule has 3 heterocycles. The number of benzene rings is 1. The van der Waals surface area contributed by atoms with Gasteiger partial charge in [0.1, 0.15) is 12.4 Å². The summed E-state index contributed by atoms with van der Waals surface area (Å²) in [5, 5.41) is 0. The standard InChI is InChI=1S/C21H26F4N2O4S/c1-32(28,29)26-18-3-2-8-27-12-21(24,25)31-20-16(9-14(22)10-17(20)23)13-4-6-15(7-5-13)30-11-19(18)27/h9-10,13,15,19H,2-8,11-12H2,1H3/b26-18+. The van der Waals surface area contributed by atoms with E-state index in [4.69, 9.17) is 9.47 Å². The first-order valence-electron chi connectivity index (χ1n) is 10.7. The lowest BCUT2D eigenvalue weighted by Gasteiger charge is -2.38. The van der Waals surface area contributed by atoms with Crippen molar-refractivity contribution in [1.82, 2.24) is 4.90 Å². The van der Waals surface area contributed by atoms with Gasteiger partial charge in [-0.3, -0.25) is 4.90 Å². The number of halogens is 4. The molecule has 1 saturated carbocycles. The van der Waals surface area contributed by atoms with Gasteiger partial charge in [-0.1, -0.05) is 0 Å². The molecule has 4 aliphatic rings. The average Bonchev–Trinajstić information content (AvgIpc) is 2.69. The van der Waals surface area contributed by atoms with Crippen LogP contribution in [0.2, 0.25) is 0 Å². The van der Waals surface area contributed by atoms with Crippen LogP contribution in [0.4, 0.5) is 17.6 Å². The first-order valence-corrected chi connectivity index (χ1v) is 12.6. The predicted octanol–water partition coefficient (Wildman–Crippen LogP) is 3.86. The first-order chi connectivity index (χ1) is 15.0. The molecule has 0 radical (unpaired) electrons. The van der Waals surface area contributed by atoms with Crippen LogP contribution in [0.1, 0.15) is 50.0 Å². The number of alkyl halides is 2. The lowest BCUT2D eigenvalue weighted by Crippen LogP contribution is -2.54. The van der Waals surface area contributed by atoms with E-state index < -0.39 is 46.1 Å². The normalized spacial score (nSPS) is 30.4. The summed E-state index contributed by atoms with van der Waals surface area (Å²) in [6.07, 6.45) is -0.0205. The number of hydrogen-bond donors (Lipinski definition) is 0. The highest BCUT2D eigenvalue weighted by Gasteiger charge is 2.42. The zero-order valence-electron chi connectivity index (χ0n) is 17.7. The molecule has 1 saturated heterocycles. The van der Waals surface area contributed by atoms with Gasteiger partial charge in [-0.25, -0.2) is 17.2 Å². The second-order valence-corrected chi connectivity index (χ2v) is 10.4. The maximum Gasteiger partial charge on any atom is 0.411 e. The Labute approximate surface area is 184 Å². The Morgan fingerprint density at radius 2 is 1.88 bits per heavy atom. The summed E-state index contributed by atoms with van der Waals surface area (Å²) >= 11 is 0. The minimum absolute atomic E-state index is 0.0235. The molecule has 32 heavy (non-hydrogen) atoms. The molecule has 0 N–H and O–H groups in total. The van der Waals surface area contributed by atoms with Crippen molar-refractivity contribution in [1.29, 1.82) is 0 Å². The molecule has 2 fully saturated rings. The monoisotopic (exact) mass is 478 g/mol. The molecule has 0 spiro atoms. The van der Waals surface area contributed by atoms with E-state index >= 15 is 8.78 Å². The minimum Gasteiger partial charge on any atom is -0.428 e. The van der Waals surface area contributed by atoms with Crippen molar-refractivity contribution in [3.05, 3.63) is 29.3 Å². The molecule has 5 rings (SSSR count). The number of sulfonamides is 1. The van der Waals surface area contributed by atoms with Crippen molar-refractivity contribution in [3.8, 4) is 5.75 Å². The Kier molecular flexibility index (Phi) is 6.52. The number of piperidine rings is 1. The van der Waals surface area contributed by atoms with E-state index in [0.29, 0.717) is 44.6 Å². The SMILES string of the molecule is CS(=O)(=O)/N=C1\CCCN2CC(F)(F)Oc3c(F)cc(F)cc3C3CCC(CC3)OCC12. The highest BCUT2D eigenvalue weighted by atomic mass is 32.2. The molecule has 11 heteroatoms. The molecule has 178 valence electrons. The Balaban J connectivity index is 1.73. The quantitative estimate of drug-likeness (QED) is 0.574. The first kappa shape index (κ1) is 23.4. The van der Waals surface area contributed by atoms with Crippen LogP contribution in [0.3, 0.4) is 0 Å². The third-order valence-electron chi connectivity index (χ3n) is 6.27. The number of rotatable bonds is 1. The third-order valence-corrected chi connectivity index (χ3v) is 6.83. The van der Waals surface area contributed by atoms with Crippen LogP contribution in [-0.2, 0) is 14.8 Å². The van der Waals surface area contributed by atoms with Gasteiger partial charge in [0.15, 0.2) is 11.6 Å². The lowest BCUT2D eigenvalue weighted by atomic mass is 9.82. The van der Waals surface area contributed by atoms with Crippen LogP contribution in [0.15, 0.2) is 16.5 Å². The molecule has 1 aromatic carbocycles. The summed E-state index contributed by atoms with van der Waals surface area (Å²) in [5.41, 5.74) is 0.376. The molecule has 1 atom stereocenters. The molecule has 0 aromatic heterocycles. The van der Waals surface area contributed by atoms with Crippen LogP contribution in [-0.4, -0.2) is 63.2 Å². The van der Waals surface area contributed by atoms with Gasteiger partial charge in [0.25, 0.3) is 0 Å². The molecular formula is C21H26F4N2O4S. The van der Waals surface area contributed by atoms with Crippen molar-refractivity contribution in [2.45, 2.75) is 62.7 Å². The third kappa shape index (κ3) is 5.43. The molecule has 6 nitrogen and oxygen atoms in total. The van der Waals surface area contributed by atoms with Gasteiger partial charge in [0, 0.05) is 11.6 Å². The summed E-state index contributed by atoms with van der Waals surface area (Å²) in [6, 6.07) is 0.854. The zero-order valence-corrected chi connectivity index (χ0v) is 18.5. The van der Waals surface area contributed by atoms with Gasteiger partial charge in [-0.05, 0) is 57.1 Å². The second kappa shape index (κ2) is 8.90. The van der Waals surface area contributed by atoms with Gasteiger partial charge >= 0.3 is 6.11 Å². The minimum atomic E-state index is -3.80. The number of fused-ring (bicyclic) bond motifs is 5. The van der Waals surface area contributed by atoms with E-state index in [-0.39, 0.29) is 36.4 Å². The lowest BCUT2D eigenvalue weighted by molar-refractivity contribution is -0.194. The van der Waals surface area contributed by atoms with E-state index in [1.54, 1.807) is 0 Å². The summed E-state index contributed by atoms with van der Waals surface area (Å²) in [5.74, 6) is -2.95. The summed E-state index contributed by atoms with van der Waals surface area (Å²) in [7, 11) is -3.72. The topological polar surface area (TPSA) is 68.2 Å². The van der Waals surface area contributed by atoms with Gasteiger partial charge in [0.05, 0.1) is 30.7 Å². The Hall–Kier alpha value is -1.72. The maximum atomic E-state index is 15.0.